The van der Waals surface area contributed by atoms with Gasteiger partial charge in [-0.2, -0.15) is 14.7 Å². The smallest absolute Gasteiger partial charge is 0.231 e. The van der Waals surface area contributed by atoms with E-state index in [4.69, 9.17) is 29.3 Å². The van der Waals surface area contributed by atoms with Crippen LogP contribution in [0.5, 0.6) is 0 Å². The first-order valence-corrected chi connectivity index (χ1v) is 5.69. The van der Waals surface area contributed by atoms with Gasteiger partial charge in [0.2, 0.25) is 0 Å². The first-order valence-electron chi connectivity index (χ1n) is 5.69. The summed E-state index contributed by atoms with van der Waals surface area (Å²) in [4.78, 5) is 28.7. The molecule has 6 heteroatoms. The zero-order chi connectivity index (χ0) is 12.1. The van der Waals surface area contributed by atoms with Gasteiger partial charge in [0.25, 0.3) is 0 Å². The minimum absolute atomic E-state index is 0.449. The van der Waals surface area contributed by atoms with Crippen molar-refractivity contribution < 1.29 is 29.3 Å². The predicted octanol–water partition coefficient (Wildman–Crippen LogP) is 2.34. The molecule has 98 valence electrons. The van der Waals surface area contributed by atoms with Gasteiger partial charge in [0, 0.05) is 0 Å². The summed E-state index contributed by atoms with van der Waals surface area (Å²) in [5.41, 5.74) is 0. The van der Waals surface area contributed by atoms with E-state index in [-0.39, 0.29) is 0 Å². The monoisotopic (exact) mass is 238 g/mol. The van der Waals surface area contributed by atoms with Crippen LogP contribution in [-0.2, 0) is 29.3 Å². The summed E-state index contributed by atoms with van der Waals surface area (Å²) >= 11 is 0. The minimum atomic E-state index is -1.12. The van der Waals surface area contributed by atoms with Crippen LogP contribution in [0.3, 0.4) is 0 Å². The Labute approximate surface area is 96.5 Å². The maximum absolute atomic E-state index is 4.80. The van der Waals surface area contributed by atoms with Crippen LogP contribution >= 0.6 is 0 Å². The fourth-order valence-corrected chi connectivity index (χ4v) is 0.609. The number of hydrogen-bond acceptors (Lipinski definition) is 6. The molecule has 0 heterocycles. The zero-order valence-electron chi connectivity index (χ0n) is 10.3. The lowest BCUT2D eigenvalue weighted by atomic mass is 10.5. The molecule has 0 aliphatic heterocycles. The van der Waals surface area contributed by atoms with Gasteiger partial charge in [0.05, 0.1) is 19.8 Å². The zero-order valence-corrected chi connectivity index (χ0v) is 10.3. The van der Waals surface area contributed by atoms with E-state index in [2.05, 4.69) is 0 Å². The maximum atomic E-state index is 4.80. The van der Waals surface area contributed by atoms with Gasteiger partial charge in [0.1, 0.15) is 0 Å². The summed E-state index contributed by atoms with van der Waals surface area (Å²) < 4.78 is 0. The number of rotatable bonds is 12. The van der Waals surface area contributed by atoms with Crippen molar-refractivity contribution in [2.75, 3.05) is 19.8 Å². The Balaban J connectivity index is 3.58. The Morgan fingerprint density at radius 3 is 1.19 bits per heavy atom. The van der Waals surface area contributed by atoms with Gasteiger partial charge in [-0.25, -0.2) is 14.7 Å². The van der Waals surface area contributed by atoms with Gasteiger partial charge in [-0.1, -0.05) is 20.8 Å². The molecule has 0 aliphatic carbocycles. The Bertz CT molecular complexity index is 109. The van der Waals surface area contributed by atoms with E-state index in [0.717, 1.165) is 19.3 Å². The highest BCUT2D eigenvalue weighted by molar-refractivity contribution is 4.18. The third-order valence-electron chi connectivity index (χ3n) is 1.30. The number of hydrogen-bond donors (Lipinski definition) is 0. The molecule has 0 N–H and O–H groups in total. The average molecular weight is 238 g/mol. The lowest BCUT2D eigenvalue weighted by Crippen LogP contribution is -2.22. The summed E-state index contributed by atoms with van der Waals surface area (Å²) in [5, 5.41) is 0. The van der Waals surface area contributed by atoms with E-state index in [9.17, 15) is 0 Å². The van der Waals surface area contributed by atoms with Crippen LogP contribution < -0.4 is 0 Å². The third-order valence-corrected chi connectivity index (χ3v) is 1.30. The van der Waals surface area contributed by atoms with Crippen LogP contribution in [0, 0.1) is 0 Å². The molecule has 0 radical (unpaired) electrons. The minimum Gasteiger partial charge on any atom is -0.231 e. The van der Waals surface area contributed by atoms with Crippen LogP contribution in [0.1, 0.15) is 40.0 Å². The van der Waals surface area contributed by atoms with Crippen LogP contribution in [0.15, 0.2) is 0 Å². The summed E-state index contributed by atoms with van der Waals surface area (Å²) in [5.74, 6) is 0. The molecule has 16 heavy (non-hydrogen) atoms. The van der Waals surface area contributed by atoms with Gasteiger partial charge in [-0.15, -0.1) is 0 Å². The molecule has 0 bridgehead atoms. The molecule has 0 saturated carbocycles. The molecule has 0 atom stereocenters. The lowest BCUT2D eigenvalue weighted by molar-refractivity contribution is -0.576. The average Bonchev–Trinajstić information content (AvgIpc) is 2.29. The van der Waals surface area contributed by atoms with Crippen molar-refractivity contribution in [1.82, 2.24) is 0 Å². The summed E-state index contributed by atoms with van der Waals surface area (Å²) in [7, 11) is 0. The Kier molecular flexibility index (Phi) is 12.6. The van der Waals surface area contributed by atoms with Gasteiger partial charge in [-0.3, -0.25) is 0 Å². The molecular weight excluding hydrogens is 216 g/mol. The van der Waals surface area contributed by atoms with Crippen LogP contribution in [-0.4, -0.2) is 26.3 Å². The van der Waals surface area contributed by atoms with E-state index >= 15 is 0 Å². The Hall–Kier alpha value is -0.240. The van der Waals surface area contributed by atoms with Crippen molar-refractivity contribution in [1.29, 1.82) is 0 Å². The van der Waals surface area contributed by atoms with Crippen LogP contribution in [0.4, 0.5) is 0 Å². The molecule has 0 rings (SSSR count). The summed E-state index contributed by atoms with van der Waals surface area (Å²) in [6.45, 7) is 6.11. The second kappa shape index (κ2) is 12.8. The molecule has 0 saturated heterocycles. The van der Waals surface area contributed by atoms with Crippen molar-refractivity contribution >= 4 is 0 Å². The topological polar surface area (TPSA) is 55.4 Å². The molecular formula is C10H22O6. The van der Waals surface area contributed by atoms with E-state index in [1.165, 1.54) is 0 Å². The highest BCUT2D eigenvalue weighted by atomic mass is 17.4. The van der Waals surface area contributed by atoms with Crippen molar-refractivity contribution in [2.45, 2.75) is 46.5 Å². The molecule has 6 nitrogen and oxygen atoms in total. The highest BCUT2D eigenvalue weighted by Crippen LogP contribution is 2.02. The molecule has 0 aromatic carbocycles. The summed E-state index contributed by atoms with van der Waals surface area (Å²) in [6.07, 6.45) is 2.50. The maximum Gasteiger partial charge on any atom is 0.355 e. The summed E-state index contributed by atoms with van der Waals surface area (Å²) in [6, 6.07) is 0. The van der Waals surface area contributed by atoms with Crippen molar-refractivity contribution in [2.24, 2.45) is 0 Å². The molecule has 0 fully saturated rings. The van der Waals surface area contributed by atoms with Gasteiger partial charge in [0.15, 0.2) is 0 Å². The Morgan fingerprint density at radius 1 is 0.625 bits per heavy atom. The first kappa shape index (κ1) is 15.8. The standard InChI is InChI=1S/C10H22O6/c1-4-7-11-14-10(15-12-8-5-2)16-13-9-6-3/h10H,4-9H2,1-3H3. The molecule has 0 aliphatic rings. The van der Waals surface area contributed by atoms with Crippen molar-refractivity contribution in [3.63, 3.8) is 0 Å². The van der Waals surface area contributed by atoms with Crippen LogP contribution in [0.25, 0.3) is 0 Å². The van der Waals surface area contributed by atoms with Gasteiger partial charge < -0.3 is 0 Å². The SMILES string of the molecule is CCCOOC(OOCCC)OOCCC. The predicted molar refractivity (Wildman–Crippen MR) is 55.8 cm³/mol. The quantitative estimate of drug-likeness (QED) is 0.225. The van der Waals surface area contributed by atoms with E-state index in [1.807, 2.05) is 20.8 Å². The second-order valence-electron chi connectivity index (χ2n) is 3.04. The molecule has 0 spiro atoms. The van der Waals surface area contributed by atoms with Crippen molar-refractivity contribution in [3.8, 4) is 0 Å². The molecule has 0 aromatic heterocycles. The van der Waals surface area contributed by atoms with E-state index in [0.29, 0.717) is 19.8 Å². The molecule has 0 aromatic rings. The first-order chi connectivity index (χ1) is 7.85. The lowest BCUT2D eigenvalue weighted by Gasteiger charge is -2.14. The molecule has 0 unspecified atom stereocenters. The van der Waals surface area contributed by atoms with Gasteiger partial charge in [-0.05, 0) is 19.3 Å². The highest BCUT2D eigenvalue weighted by Gasteiger charge is 2.13. The third kappa shape index (κ3) is 10.3. The van der Waals surface area contributed by atoms with Gasteiger partial charge >= 0.3 is 6.48 Å². The second-order valence-corrected chi connectivity index (χ2v) is 3.04. The van der Waals surface area contributed by atoms with Crippen molar-refractivity contribution in [3.05, 3.63) is 0 Å². The van der Waals surface area contributed by atoms with E-state index in [1.54, 1.807) is 0 Å². The fraction of sp³-hybridized carbons (Fsp3) is 1.00. The molecule has 0 amide bonds. The van der Waals surface area contributed by atoms with Crippen LogP contribution in [0.2, 0.25) is 0 Å². The largest absolute Gasteiger partial charge is 0.355 e. The fourth-order valence-electron chi connectivity index (χ4n) is 0.609. The van der Waals surface area contributed by atoms with E-state index < -0.39 is 6.48 Å². The normalized spacial score (nSPS) is 11.2. The Morgan fingerprint density at radius 2 is 0.938 bits per heavy atom.